The minimum Gasteiger partial charge on any atom is -0.493 e. The molecule has 1 aromatic heterocycles. The van der Waals surface area contributed by atoms with Crippen molar-refractivity contribution >= 4 is 29.9 Å². The number of aromatic nitrogens is 2. The van der Waals surface area contributed by atoms with Gasteiger partial charge in [-0.25, -0.2) is 4.99 Å². The number of methoxy groups -OCH3 is 3. The highest BCUT2D eigenvalue weighted by atomic mass is 127. The third kappa shape index (κ3) is 7.30. The highest BCUT2D eigenvalue weighted by Gasteiger charge is 2.13. The Morgan fingerprint density at radius 2 is 1.79 bits per heavy atom. The van der Waals surface area contributed by atoms with Crippen LogP contribution in [-0.2, 0) is 13.0 Å². The van der Waals surface area contributed by atoms with Crippen LogP contribution in [0.25, 0.3) is 0 Å². The summed E-state index contributed by atoms with van der Waals surface area (Å²) in [6.07, 6.45) is 3.86. The van der Waals surface area contributed by atoms with E-state index in [1.54, 1.807) is 21.3 Å². The third-order valence-corrected chi connectivity index (χ3v) is 4.34. The van der Waals surface area contributed by atoms with Gasteiger partial charge in [-0.3, -0.25) is 5.10 Å². The minimum atomic E-state index is 0. The number of H-pyrrole nitrogens is 1. The molecule has 0 spiro atoms. The first kappa shape index (κ1) is 24.9. The van der Waals surface area contributed by atoms with Gasteiger partial charge < -0.3 is 24.8 Å². The van der Waals surface area contributed by atoms with Crippen molar-refractivity contribution in [1.82, 2.24) is 20.8 Å². The van der Waals surface area contributed by atoms with Crippen LogP contribution >= 0.6 is 24.0 Å². The summed E-state index contributed by atoms with van der Waals surface area (Å²) in [5.41, 5.74) is 3.35. The standard InChI is InChI=1S/C20H31N5O3.HI/c1-6-21-20(22-9-7-8-16-13-24-25-14(16)2)23-12-15-10-17(26-3)19(28-5)18(11-15)27-4;/h10-11,13H,6-9,12H2,1-5H3,(H,24,25)(H2,21,22,23);1H. The molecule has 0 fully saturated rings. The minimum absolute atomic E-state index is 0. The van der Waals surface area contributed by atoms with Gasteiger partial charge in [0.05, 0.1) is 34.1 Å². The van der Waals surface area contributed by atoms with Gasteiger partial charge in [0.2, 0.25) is 5.75 Å². The second kappa shape index (κ2) is 13.1. The molecule has 0 aliphatic carbocycles. The predicted molar refractivity (Wildman–Crippen MR) is 126 cm³/mol. The summed E-state index contributed by atoms with van der Waals surface area (Å²) in [4.78, 5) is 4.67. The van der Waals surface area contributed by atoms with Crippen molar-refractivity contribution in [1.29, 1.82) is 0 Å². The average molecular weight is 517 g/mol. The molecule has 0 atom stereocenters. The molecule has 2 aromatic rings. The second-order valence-electron chi connectivity index (χ2n) is 6.28. The van der Waals surface area contributed by atoms with E-state index in [9.17, 15) is 0 Å². The molecule has 2 rings (SSSR count). The van der Waals surface area contributed by atoms with E-state index in [1.165, 1.54) is 5.56 Å². The summed E-state index contributed by atoms with van der Waals surface area (Å²) in [7, 11) is 4.81. The summed E-state index contributed by atoms with van der Waals surface area (Å²) < 4.78 is 16.2. The first-order valence-electron chi connectivity index (χ1n) is 9.42. The normalized spacial score (nSPS) is 10.9. The number of hydrogen-bond acceptors (Lipinski definition) is 5. The van der Waals surface area contributed by atoms with Crippen molar-refractivity contribution in [2.75, 3.05) is 34.4 Å². The Morgan fingerprint density at radius 1 is 1.10 bits per heavy atom. The molecule has 9 heteroatoms. The van der Waals surface area contributed by atoms with Gasteiger partial charge in [0.1, 0.15) is 0 Å². The maximum Gasteiger partial charge on any atom is 0.203 e. The van der Waals surface area contributed by atoms with Crippen LogP contribution in [0.4, 0.5) is 0 Å². The Hall–Kier alpha value is -2.17. The van der Waals surface area contributed by atoms with Gasteiger partial charge in [-0.1, -0.05) is 0 Å². The number of aromatic amines is 1. The van der Waals surface area contributed by atoms with Crippen molar-refractivity contribution in [3.63, 3.8) is 0 Å². The van der Waals surface area contributed by atoms with Gasteiger partial charge in [-0.2, -0.15) is 5.10 Å². The van der Waals surface area contributed by atoms with E-state index in [0.717, 1.165) is 43.1 Å². The van der Waals surface area contributed by atoms with Crippen LogP contribution in [-0.4, -0.2) is 50.6 Å². The largest absolute Gasteiger partial charge is 0.493 e. The van der Waals surface area contributed by atoms with Crippen LogP contribution in [0.5, 0.6) is 17.2 Å². The predicted octanol–water partition coefficient (Wildman–Crippen LogP) is 3.05. The van der Waals surface area contributed by atoms with Gasteiger partial charge in [0, 0.05) is 18.8 Å². The Bertz CT molecular complexity index is 754. The van der Waals surface area contributed by atoms with E-state index in [-0.39, 0.29) is 24.0 Å². The van der Waals surface area contributed by atoms with Crippen molar-refractivity contribution in [3.8, 4) is 17.2 Å². The third-order valence-electron chi connectivity index (χ3n) is 4.34. The Balaban J connectivity index is 0.00000420. The smallest absolute Gasteiger partial charge is 0.203 e. The SMILES string of the molecule is CCNC(=NCc1cc(OC)c(OC)c(OC)c1)NCCCc1cn[nH]c1C.I. The number of hydrogen-bond donors (Lipinski definition) is 3. The average Bonchev–Trinajstić information content (AvgIpc) is 3.12. The first-order valence-corrected chi connectivity index (χ1v) is 9.42. The number of rotatable bonds is 10. The lowest BCUT2D eigenvalue weighted by molar-refractivity contribution is 0.324. The molecule has 0 radical (unpaired) electrons. The zero-order chi connectivity index (χ0) is 20.4. The first-order chi connectivity index (χ1) is 13.6. The Kier molecular flexibility index (Phi) is 11.3. The van der Waals surface area contributed by atoms with E-state index >= 15 is 0 Å². The Morgan fingerprint density at radius 3 is 2.31 bits per heavy atom. The fourth-order valence-electron chi connectivity index (χ4n) is 2.85. The molecular formula is C20H32IN5O3. The molecule has 0 saturated carbocycles. The van der Waals surface area contributed by atoms with Gasteiger partial charge in [0.25, 0.3) is 0 Å². The summed E-state index contributed by atoms with van der Waals surface area (Å²) in [5.74, 6) is 2.61. The van der Waals surface area contributed by atoms with Crippen LogP contribution in [0.2, 0.25) is 0 Å². The molecule has 1 aromatic carbocycles. The van der Waals surface area contributed by atoms with Gasteiger partial charge in [-0.05, 0) is 49.9 Å². The summed E-state index contributed by atoms with van der Waals surface area (Å²) in [6, 6.07) is 3.83. The van der Waals surface area contributed by atoms with Crippen LogP contribution < -0.4 is 24.8 Å². The molecule has 0 bridgehead atoms. The van der Waals surface area contributed by atoms with Gasteiger partial charge in [-0.15, -0.1) is 24.0 Å². The summed E-state index contributed by atoms with van der Waals surface area (Å²) in [5, 5.41) is 13.7. The zero-order valence-corrected chi connectivity index (χ0v) is 20.1. The number of benzene rings is 1. The molecule has 0 unspecified atom stereocenters. The molecule has 3 N–H and O–H groups in total. The van der Waals surface area contributed by atoms with Gasteiger partial charge in [0.15, 0.2) is 17.5 Å². The number of aliphatic imine (C=N–C) groups is 1. The number of aryl methyl sites for hydroxylation is 2. The summed E-state index contributed by atoms with van der Waals surface area (Å²) >= 11 is 0. The zero-order valence-electron chi connectivity index (χ0n) is 17.8. The van der Waals surface area contributed by atoms with Crippen molar-refractivity contribution < 1.29 is 14.2 Å². The van der Waals surface area contributed by atoms with Crippen molar-refractivity contribution in [2.24, 2.45) is 4.99 Å². The fourth-order valence-corrected chi connectivity index (χ4v) is 2.85. The van der Waals surface area contributed by atoms with Crippen molar-refractivity contribution in [2.45, 2.75) is 33.2 Å². The molecule has 29 heavy (non-hydrogen) atoms. The molecule has 0 aliphatic heterocycles. The quantitative estimate of drug-likeness (QED) is 0.194. The van der Waals surface area contributed by atoms with Crippen LogP contribution in [0.15, 0.2) is 23.3 Å². The molecule has 1 heterocycles. The van der Waals surface area contributed by atoms with E-state index < -0.39 is 0 Å². The fraction of sp³-hybridized carbons (Fsp3) is 0.500. The van der Waals surface area contributed by atoms with E-state index in [4.69, 9.17) is 14.2 Å². The van der Waals surface area contributed by atoms with E-state index in [0.29, 0.717) is 23.8 Å². The lowest BCUT2D eigenvalue weighted by Crippen LogP contribution is -2.37. The van der Waals surface area contributed by atoms with Crippen LogP contribution in [0.3, 0.4) is 0 Å². The molecule has 0 saturated heterocycles. The highest BCUT2D eigenvalue weighted by Crippen LogP contribution is 2.38. The second-order valence-corrected chi connectivity index (χ2v) is 6.28. The van der Waals surface area contributed by atoms with E-state index in [2.05, 4.69) is 25.8 Å². The number of guanidine groups is 1. The van der Waals surface area contributed by atoms with E-state index in [1.807, 2.05) is 32.2 Å². The Labute approximate surface area is 189 Å². The monoisotopic (exact) mass is 517 g/mol. The highest BCUT2D eigenvalue weighted by molar-refractivity contribution is 14.0. The maximum absolute atomic E-state index is 5.41. The lowest BCUT2D eigenvalue weighted by Gasteiger charge is -2.14. The van der Waals surface area contributed by atoms with Crippen LogP contribution in [0, 0.1) is 6.92 Å². The van der Waals surface area contributed by atoms with Gasteiger partial charge >= 0.3 is 0 Å². The molecular weight excluding hydrogens is 485 g/mol. The molecule has 0 aliphatic rings. The van der Waals surface area contributed by atoms with Crippen molar-refractivity contribution in [3.05, 3.63) is 35.2 Å². The number of nitrogens with zero attached hydrogens (tertiary/aromatic N) is 2. The number of ether oxygens (including phenoxy) is 3. The van der Waals surface area contributed by atoms with Crippen LogP contribution in [0.1, 0.15) is 30.2 Å². The topological polar surface area (TPSA) is 92.8 Å². The maximum atomic E-state index is 5.41. The number of nitrogens with one attached hydrogen (secondary N) is 3. The molecule has 162 valence electrons. The summed E-state index contributed by atoms with van der Waals surface area (Å²) in [6.45, 7) is 6.20. The molecule has 8 nitrogen and oxygen atoms in total. The molecule has 0 amide bonds. The lowest BCUT2D eigenvalue weighted by atomic mass is 10.1. The number of halogens is 1.